The van der Waals surface area contributed by atoms with Crippen molar-refractivity contribution in [1.82, 2.24) is 4.31 Å². The minimum atomic E-state index is -3.98. The number of hydrogen-bond acceptors (Lipinski definition) is 4. The first kappa shape index (κ1) is 14.5. The molecule has 0 saturated heterocycles. The maximum atomic E-state index is 12.4. The summed E-state index contributed by atoms with van der Waals surface area (Å²) in [4.78, 5) is 22.9. The van der Waals surface area contributed by atoms with Gasteiger partial charge in [0.2, 0.25) is 0 Å². The summed E-state index contributed by atoms with van der Waals surface area (Å²) in [5.74, 6) is -1.87. The lowest BCUT2D eigenvalue weighted by Gasteiger charge is -2.26. The summed E-state index contributed by atoms with van der Waals surface area (Å²) in [7, 11) is -3.98. The highest BCUT2D eigenvalue weighted by atomic mass is 32.2. The minimum Gasteiger partial charge on any atom is -0.478 e. The van der Waals surface area contributed by atoms with Crippen molar-refractivity contribution in [2.45, 2.75) is 31.7 Å². The van der Waals surface area contributed by atoms with E-state index in [1.807, 2.05) is 13.8 Å². The van der Waals surface area contributed by atoms with Gasteiger partial charge in [-0.05, 0) is 31.0 Å². The molecule has 1 amide bonds. The Bertz CT molecular complexity index is 693. The molecule has 0 radical (unpaired) electrons. The third-order valence-corrected chi connectivity index (χ3v) is 5.44. The molecule has 1 heterocycles. The molecule has 1 aromatic rings. The Balaban J connectivity index is 2.62. The maximum Gasteiger partial charge on any atom is 0.335 e. The monoisotopic (exact) mass is 297 g/mol. The van der Waals surface area contributed by atoms with E-state index in [4.69, 9.17) is 5.11 Å². The second-order valence-corrected chi connectivity index (χ2v) is 6.89. The number of carbonyl (C=O) groups is 2. The third kappa shape index (κ3) is 1.98. The Morgan fingerprint density at radius 1 is 1.25 bits per heavy atom. The molecule has 0 aromatic heterocycles. The number of amides is 1. The van der Waals surface area contributed by atoms with E-state index in [0.29, 0.717) is 0 Å². The van der Waals surface area contributed by atoms with Crippen molar-refractivity contribution in [1.29, 1.82) is 0 Å². The molecule has 1 N–H and O–H groups in total. The van der Waals surface area contributed by atoms with E-state index < -0.39 is 27.9 Å². The predicted octanol–water partition coefficient (Wildman–Crippen LogP) is 1.57. The molecular formula is C13H15NO5S. The molecule has 7 heteroatoms. The summed E-state index contributed by atoms with van der Waals surface area (Å²) in [6, 6.07) is 3.04. The van der Waals surface area contributed by atoms with Gasteiger partial charge in [-0.3, -0.25) is 4.79 Å². The molecule has 0 aliphatic carbocycles. The second-order valence-electron chi connectivity index (χ2n) is 5.11. The average Bonchev–Trinajstić information content (AvgIpc) is 2.56. The van der Waals surface area contributed by atoms with Gasteiger partial charge in [-0.2, -0.15) is 0 Å². The van der Waals surface area contributed by atoms with E-state index in [1.165, 1.54) is 12.1 Å². The number of rotatable bonds is 3. The van der Waals surface area contributed by atoms with Crippen molar-refractivity contribution in [2.75, 3.05) is 0 Å². The lowest BCUT2D eigenvalue weighted by molar-refractivity contribution is 0.0695. The highest BCUT2D eigenvalue weighted by molar-refractivity contribution is 7.90. The van der Waals surface area contributed by atoms with Crippen LogP contribution in [-0.4, -0.2) is 35.7 Å². The Morgan fingerprint density at radius 3 is 2.35 bits per heavy atom. The molecule has 1 aliphatic heterocycles. The number of sulfonamides is 1. The molecule has 1 aromatic carbocycles. The Labute approximate surface area is 117 Å². The molecule has 1 atom stereocenters. The van der Waals surface area contributed by atoms with Gasteiger partial charge >= 0.3 is 5.97 Å². The number of aromatic carboxylic acids is 1. The van der Waals surface area contributed by atoms with E-state index in [9.17, 15) is 18.0 Å². The van der Waals surface area contributed by atoms with Gasteiger partial charge < -0.3 is 5.11 Å². The van der Waals surface area contributed by atoms with E-state index >= 15 is 0 Å². The molecule has 20 heavy (non-hydrogen) atoms. The molecule has 0 saturated carbocycles. The van der Waals surface area contributed by atoms with Gasteiger partial charge in [0.05, 0.1) is 11.1 Å². The number of fused-ring (bicyclic) bond motifs is 1. The molecule has 1 unspecified atom stereocenters. The van der Waals surface area contributed by atoms with E-state index in [2.05, 4.69) is 0 Å². The highest BCUT2D eigenvalue weighted by Crippen LogP contribution is 2.34. The van der Waals surface area contributed by atoms with Crippen LogP contribution < -0.4 is 0 Å². The van der Waals surface area contributed by atoms with Crippen LogP contribution in [0.4, 0.5) is 0 Å². The van der Waals surface area contributed by atoms with Crippen molar-refractivity contribution in [3.05, 3.63) is 29.3 Å². The van der Waals surface area contributed by atoms with Crippen LogP contribution in [0.15, 0.2) is 23.1 Å². The summed E-state index contributed by atoms with van der Waals surface area (Å²) in [6.07, 6.45) is 0. The molecule has 2 rings (SSSR count). The zero-order valence-electron chi connectivity index (χ0n) is 11.3. The van der Waals surface area contributed by atoms with Gasteiger partial charge in [0.15, 0.2) is 0 Å². The maximum absolute atomic E-state index is 12.4. The van der Waals surface area contributed by atoms with Crippen LogP contribution in [-0.2, 0) is 10.0 Å². The fourth-order valence-corrected chi connectivity index (χ4v) is 3.97. The van der Waals surface area contributed by atoms with Gasteiger partial charge in [-0.15, -0.1) is 0 Å². The highest BCUT2D eigenvalue weighted by Gasteiger charge is 2.44. The molecule has 0 spiro atoms. The van der Waals surface area contributed by atoms with Crippen LogP contribution in [0.1, 0.15) is 41.5 Å². The van der Waals surface area contributed by atoms with E-state index in [0.717, 1.165) is 10.4 Å². The lowest BCUT2D eigenvalue weighted by Crippen LogP contribution is -2.40. The number of carboxylic acids is 1. The standard InChI is InChI=1S/C13H15NO5S/c1-7(2)8(3)14-12(15)10-5-4-9(13(16)17)6-11(10)20(14,18)19/h4-8H,1-3H3,(H,16,17). The molecular weight excluding hydrogens is 282 g/mol. The topological polar surface area (TPSA) is 91.8 Å². The summed E-state index contributed by atoms with van der Waals surface area (Å²) < 4.78 is 25.7. The van der Waals surface area contributed by atoms with E-state index in [1.54, 1.807) is 6.92 Å². The first-order chi connectivity index (χ1) is 9.17. The zero-order chi connectivity index (χ0) is 15.2. The molecule has 6 nitrogen and oxygen atoms in total. The zero-order valence-corrected chi connectivity index (χ0v) is 12.1. The van der Waals surface area contributed by atoms with E-state index in [-0.39, 0.29) is 21.9 Å². The Morgan fingerprint density at radius 2 is 1.85 bits per heavy atom. The SMILES string of the molecule is CC(C)C(C)N1C(=O)c2ccc(C(=O)O)cc2S1(=O)=O. The van der Waals surface area contributed by atoms with Crippen molar-refractivity contribution < 1.29 is 23.1 Å². The Hall–Kier alpha value is -1.89. The fourth-order valence-electron chi connectivity index (χ4n) is 2.05. The number of nitrogens with zero attached hydrogens (tertiary/aromatic N) is 1. The third-order valence-electron chi connectivity index (χ3n) is 3.53. The summed E-state index contributed by atoms with van der Waals surface area (Å²) in [5, 5.41) is 8.92. The van der Waals surface area contributed by atoms with Crippen LogP contribution in [0, 0.1) is 5.92 Å². The molecule has 108 valence electrons. The second kappa shape index (κ2) is 4.59. The normalized spacial score (nSPS) is 18.2. The molecule has 1 aliphatic rings. The summed E-state index contributed by atoms with van der Waals surface area (Å²) in [5.41, 5.74) is -0.123. The van der Waals surface area contributed by atoms with Gasteiger partial charge in [-0.25, -0.2) is 17.5 Å². The van der Waals surface area contributed by atoms with Crippen LogP contribution in [0.5, 0.6) is 0 Å². The fraction of sp³-hybridized carbons (Fsp3) is 0.385. The van der Waals surface area contributed by atoms with Crippen molar-refractivity contribution in [3.8, 4) is 0 Å². The number of carboxylic acid groups (broad SMARTS) is 1. The van der Waals surface area contributed by atoms with Crippen LogP contribution >= 0.6 is 0 Å². The number of benzene rings is 1. The van der Waals surface area contributed by atoms with Gasteiger partial charge in [0.1, 0.15) is 4.90 Å². The molecule has 0 fully saturated rings. The first-order valence-corrected chi connectivity index (χ1v) is 7.58. The van der Waals surface area contributed by atoms with Crippen molar-refractivity contribution in [2.24, 2.45) is 5.92 Å². The van der Waals surface area contributed by atoms with Crippen LogP contribution in [0.3, 0.4) is 0 Å². The number of carbonyl (C=O) groups excluding carboxylic acids is 1. The predicted molar refractivity (Wildman–Crippen MR) is 71.1 cm³/mol. The average molecular weight is 297 g/mol. The van der Waals surface area contributed by atoms with Crippen molar-refractivity contribution in [3.63, 3.8) is 0 Å². The lowest BCUT2D eigenvalue weighted by atomic mass is 10.1. The first-order valence-electron chi connectivity index (χ1n) is 6.14. The number of hydrogen-bond donors (Lipinski definition) is 1. The van der Waals surface area contributed by atoms with Gasteiger partial charge in [0, 0.05) is 6.04 Å². The largest absolute Gasteiger partial charge is 0.478 e. The van der Waals surface area contributed by atoms with Crippen LogP contribution in [0.2, 0.25) is 0 Å². The Kier molecular flexibility index (Phi) is 3.33. The van der Waals surface area contributed by atoms with Crippen LogP contribution in [0.25, 0.3) is 0 Å². The van der Waals surface area contributed by atoms with Crippen molar-refractivity contribution >= 4 is 21.9 Å². The molecule has 0 bridgehead atoms. The summed E-state index contributed by atoms with van der Waals surface area (Å²) in [6.45, 7) is 5.29. The van der Waals surface area contributed by atoms with Gasteiger partial charge in [-0.1, -0.05) is 13.8 Å². The quantitative estimate of drug-likeness (QED) is 0.914. The smallest absolute Gasteiger partial charge is 0.335 e. The van der Waals surface area contributed by atoms with Gasteiger partial charge in [0.25, 0.3) is 15.9 Å². The summed E-state index contributed by atoms with van der Waals surface area (Å²) >= 11 is 0. The minimum absolute atomic E-state index is 0.0301.